The Hall–Kier alpha value is -3.10. The molecule has 0 aliphatic carbocycles. The van der Waals surface area contributed by atoms with E-state index in [1.807, 2.05) is 30.3 Å². The van der Waals surface area contributed by atoms with E-state index in [-0.39, 0.29) is 18.4 Å². The van der Waals surface area contributed by atoms with Gasteiger partial charge in [-0.05, 0) is 54.3 Å². The Morgan fingerprint density at radius 2 is 1.88 bits per heavy atom. The molecular weight excluding hydrogens is 419 g/mol. The highest BCUT2D eigenvalue weighted by molar-refractivity contribution is 5.90. The Kier molecular flexibility index (Phi) is 6.34. The molecule has 0 bridgehead atoms. The number of aliphatic imine (C=N–C) groups is 1. The molecule has 2 heterocycles. The number of nitrogens with zero attached hydrogens (tertiary/aromatic N) is 2. The third-order valence-corrected chi connectivity index (χ3v) is 5.50. The van der Waals surface area contributed by atoms with E-state index in [0.29, 0.717) is 18.7 Å². The van der Waals surface area contributed by atoms with Crippen LogP contribution in [0, 0.1) is 0 Å². The van der Waals surface area contributed by atoms with Gasteiger partial charge in [0.2, 0.25) is 0 Å². The molecule has 1 atom stereocenters. The van der Waals surface area contributed by atoms with E-state index in [4.69, 9.17) is 5.73 Å². The number of alkyl halides is 3. The number of aliphatic hydroxyl groups is 1. The summed E-state index contributed by atoms with van der Waals surface area (Å²) in [6, 6.07) is 15.5. The first-order valence-electron chi connectivity index (χ1n) is 10.4. The average Bonchev–Trinajstić information content (AvgIpc) is 3.17. The molecule has 168 valence electrons. The van der Waals surface area contributed by atoms with Gasteiger partial charge in [0.1, 0.15) is 5.75 Å². The number of ether oxygens (including phenoxy) is 1. The molecule has 0 fully saturated rings. The summed E-state index contributed by atoms with van der Waals surface area (Å²) < 4.78 is 44.7. The Labute approximate surface area is 184 Å². The third-order valence-electron chi connectivity index (χ3n) is 5.50. The van der Waals surface area contributed by atoms with Crippen molar-refractivity contribution >= 4 is 6.21 Å². The summed E-state index contributed by atoms with van der Waals surface area (Å²) in [5, 5.41) is 9.41. The lowest BCUT2D eigenvalue weighted by atomic mass is 9.99. The molecule has 0 unspecified atom stereocenters. The second kappa shape index (κ2) is 9.18. The van der Waals surface area contributed by atoms with Crippen LogP contribution in [0.3, 0.4) is 0 Å². The molecule has 5 nitrogen and oxygen atoms in total. The van der Waals surface area contributed by atoms with E-state index in [0.717, 1.165) is 40.9 Å². The van der Waals surface area contributed by atoms with E-state index >= 15 is 0 Å². The normalized spacial score (nSPS) is 15.6. The first kappa shape index (κ1) is 22.1. The van der Waals surface area contributed by atoms with Gasteiger partial charge < -0.3 is 20.1 Å². The van der Waals surface area contributed by atoms with Gasteiger partial charge in [-0.2, -0.15) is 0 Å². The van der Waals surface area contributed by atoms with E-state index in [2.05, 4.69) is 14.3 Å². The Morgan fingerprint density at radius 1 is 1.09 bits per heavy atom. The molecule has 3 aromatic rings. The number of benzene rings is 2. The van der Waals surface area contributed by atoms with Crippen molar-refractivity contribution in [2.24, 2.45) is 10.7 Å². The largest absolute Gasteiger partial charge is 0.573 e. The second-order valence-electron chi connectivity index (χ2n) is 7.71. The van der Waals surface area contributed by atoms with Gasteiger partial charge in [-0.3, -0.25) is 4.99 Å². The molecule has 0 saturated carbocycles. The lowest BCUT2D eigenvalue weighted by molar-refractivity contribution is -0.274. The number of halogens is 3. The Balaban J connectivity index is 1.87. The van der Waals surface area contributed by atoms with Crippen LogP contribution in [-0.2, 0) is 6.61 Å². The van der Waals surface area contributed by atoms with Gasteiger partial charge in [-0.15, -0.1) is 13.2 Å². The van der Waals surface area contributed by atoms with Gasteiger partial charge >= 0.3 is 6.36 Å². The van der Waals surface area contributed by atoms with Crippen molar-refractivity contribution in [1.29, 1.82) is 0 Å². The zero-order chi connectivity index (χ0) is 22.7. The number of aliphatic hydroxyl groups excluding tert-OH is 1. The summed E-state index contributed by atoms with van der Waals surface area (Å²) in [6.45, 7) is 1.11. The molecule has 8 heteroatoms. The fraction of sp³-hybridized carbons (Fsp3) is 0.292. The van der Waals surface area contributed by atoms with Crippen LogP contribution in [0.25, 0.3) is 22.4 Å². The van der Waals surface area contributed by atoms with Crippen LogP contribution in [-0.4, -0.2) is 35.3 Å². The second-order valence-corrected chi connectivity index (χ2v) is 7.71. The van der Waals surface area contributed by atoms with Crippen LogP contribution in [0.15, 0.2) is 59.6 Å². The maximum atomic E-state index is 12.8. The number of hydrogen-bond acceptors (Lipinski definition) is 4. The van der Waals surface area contributed by atoms with Gasteiger partial charge in [-0.1, -0.05) is 36.4 Å². The lowest BCUT2D eigenvalue weighted by Crippen LogP contribution is -2.21. The number of hydrogen-bond donors (Lipinski definition) is 2. The standard InChI is InChI=1S/C24H24F3N3O2/c25-24(26,27)32-21-5-1-3-18(11-21)22-12-20-14-29-13-19(4-2-10-28)30(20)23(22)17-8-6-16(15-31)7-9-17/h1,3,5-9,11-12,14,19,31H,2,4,10,13,15,28H2/t19-/m0/s1. The van der Waals surface area contributed by atoms with Crippen molar-refractivity contribution in [3.05, 3.63) is 65.9 Å². The van der Waals surface area contributed by atoms with Crippen molar-refractivity contribution in [3.8, 4) is 28.1 Å². The van der Waals surface area contributed by atoms with E-state index in [9.17, 15) is 18.3 Å². The predicted octanol–water partition coefficient (Wildman–Crippen LogP) is 4.93. The highest BCUT2D eigenvalue weighted by Crippen LogP contribution is 2.40. The van der Waals surface area contributed by atoms with Crippen molar-refractivity contribution in [1.82, 2.24) is 4.57 Å². The third kappa shape index (κ3) is 4.71. The first-order chi connectivity index (χ1) is 15.4. The quantitative estimate of drug-likeness (QED) is 0.544. The number of nitrogens with two attached hydrogens (primary N) is 1. The average molecular weight is 443 g/mol. The van der Waals surface area contributed by atoms with Gasteiger partial charge in [0.15, 0.2) is 0 Å². The molecule has 2 aromatic carbocycles. The maximum Gasteiger partial charge on any atom is 0.573 e. The molecule has 1 aliphatic rings. The van der Waals surface area contributed by atoms with Crippen LogP contribution < -0.4 is 10.5 Å². The molecule has 0 saturated heterocycles. The van der Waals surface area contributed by atoms with Crippen LogP contribution in [0.2, 0.25) is 0 Å². The van der Waals surface area contributed by atoms with Crippen LogP contribution in [0.1, 0.15) is 30.1 Å². The molecule has 4 rings (SSSR count). The molecule has 1 aromatic heterocycles. The molecule has 0 amide bonds. The SMILES string of the molecule is NCCC[C@H]1CN=Cc2cc(-c3cccc(OC(F)(F)F)c3)c(-c3ccc(CO)cc3)n21. The summed E-state index contributed by atoms with van der Waals surface area (Å²) in [7, 11) is 0. The first-order valence-corrected chi connectivity index (χ1v) is 10.4. The van der Waals surface area contributed by atoms with Crippen molar-refractivity contribution in [2.75, 3.05) is 13.1 Å². The van der Waals surface area contributed by atoms with Crippen molar-refractivity contribution in [3.63, 3.8) is 0 Å². The van der Waals surface area contributed by atoms with E-state index < -0.39 is 6.36 Å². The highest BCUT2D eigenvalue weighted by Gasteiger charge is 2.31. The molecule has 0 spiro atoms. The van der Waals surface area contributed by atoms with Crippen molar-refractivity contribution in [2.45, 2.75) is 31.9 Å². The monoisotopic (exact) mass is 443 g/mol. The molecule has 0 radical (unpaired) electrons. The Morgan fingerprint density at radius 3 is 2.56 bits per heavy atom. The summed E-state index contributed by atoms with van der Waals surface area (Å²) in [4.78, 5) is 4.49. The smallest absolute Gasteiger partial charge is 0.406 e. The molecule has 32 heavy (non-hydrogen) atoms. The number of aromatic nitrogens is 1. The fourth-order valence-electron chi connectivity index (χ4n) is 4.10. The molecular formula is C24H24F3N3O2. The van der Waals surface area contributed by atoms with Crippen LogP contribution in [0.4, 0.5) is 13.2 Å². The minimum atomic E-state index is -4.76. The minimum absolute atomic E-state index is 0.0675. The zero-order valence-electron chi connectivity index (χ0n) is 17.3. The van der Waals surface area contributed by atoms with E-state index in [1.165, 1.54) is 12.1 Å². The van der Waals surface area contributed by atoms with Crippen LogP contribution >= 0.6 is 0 Å². The van der Waals surface area contributed by atoms with Gasteiger partial charge in [0, 0.05) is 11.8 Å². The predicted molar refractivity (Wildman–Crippen MR) is 118 cm³/mol. The van der Waals surface area contributed by atoms with Gasteiger partial charge in [0.25, 0.3) is 0 Å². The highest BCUT2D eigenvalue weighted by atomic mass is 19.4. The van der Waals surface area contributed by atoms with Crippen LogP contribution in [0.5, 0.6) is 5.75 Å². The summed E-state index contributed by atoms with van der Waals surface area (Å²) in [5.74, 6) is -0.269. The topological polar surface area (TPSA) is 72.8 Å². The van der Waals surface area contributed by atoms with Gasteiger partial charge in [0.05, 0.1) is 30.6 Å². The lowest BCUT2D eigenvalue weighted by Gasteiger charge is -2.25. The summed E-state index contributed by atoms with van der Waals surface area (Å²) in [5.41, 5.74) is 10.6. The van der Waals surface area contributed by atoms with Crippen molar-refractivity contribution < 1.29 is 23.0 Å². The minimum Gasteiger partial charge on any atom is -0.406 e. The maximum absolute atomic E-state index is 12.8. The van der Waals surface area contributed by atoms with E-state index in [1.54, 1.807) is 18.3 Å². The molecule has 1 aliphatic heterocycles. The molecule has 3 N–H and O–H groups in total. The number of fused-ring (bicyclic) bond motifs is 1. The zero-order valence-corrected chi connectivity index (χ0v) is 17.3. The number of rotatable bonds is 7. The Bertz CT molecular complexity index is 1100. The van der Waals surface area contributed by atoms with Gasteiger partial charge in [-0.25, -0.2) is 0 Å². The fourth-order valence-corrected chi connectivity index (χ4v) is 4.10. The summed E-state index contributed by atoms with van der Waals surface area (Å²) in [6.07, 6.45) is -1.29. The summed E-state index contributed by atoms with van der Waals surface area (Å²) >= 11 is 0.